The molecule has 29 heavy (non-hydrogen) atoms. The Labute approximate surface area is 172 Å². The molecule has 8 heteroatoms. The molecule has 156 valence electrons. The summed E-state index contributed by atoms with van der Waals surface area (Å²) in [7, 11) is 0.840. The van der Waals surface area contributed by atoms with Crippen LogP contribution >= 0.6 is 0 Å². The van der Waals surface area contributed by atoms with Crippen LogP contribution in [0.25, 0.3) is 6.08 Å². The molecule has 7 nitrogen and oxygen atoms in total. The summed E-state index contributed by atoms with van der Waals surface area (Å²) in [6, 6.07) is 10.1. The molecule has 0 radical (unpaired) electrons. The maximum absolute atomic E-state index is 12.4. The average Bonchev–Trinajstić information content (AvgIpc) is 2.68. The molecule has 2 rings (SSSR count). The van der Waals surface area contributed by atoms with Gasteiger partial charge in [0.25, 0.3) is 5.91 Å². The standard InChI is InChI=1S/C21H26N2O5S/c1-6-7-16-9-11-18(19(12-16)27-5)28-14-21(24)22-17-10-8-15(2)20(13-17)29(25,26)23(3)4/h6-13H,14H2,1-5H3,(H,22,24)/b7-6+. The number of hydrogen-bond donors (Lipinski definition) is 1. The number of sulfonamides is 1. The first kappa shape index (κ1) is 22.4. The molecule has 0 aliphatic heterocycles. The van der Waals surface area contributed by atoms with E-state index in [9.17, 15) is 13.2 Å². The SMILES string of the molecule is C/C=C/c1ccc(OCC(=O)Nc2ccc(C)c(S(=O)(=O)N(C)C)c2)c(OC)c1. The van der Waals surface area contributed by atoms with Gasteiger partial charge >= 0.3 is 0 Å². The quantitative estimate of drug-likeness (QED) is 0.711. The number of amides is 1. The van der Waals surface area contributed by atoms with E-state index < -0.39 is 15.9 Å². The number of hydrogen-bond acceptors (Lipinski definition) is 5. The van der Waals surface area contributed by atoms with E-state index in [1.54, 1.807) is 25.1 Å². The van der Waals surface area contributed by atoms with Gasteiger partial charge < -0.3 is 14.8 Å². The molecule has 0 saturated heterocycles. The molecule has 2 aromatic carbocycles. The fourth-order valence-electron chi connectivity index (χ4n) is 2.59. The molecule has 0 atom stereocenters. The minimum atomic E-state index is -3.61. The van der Waals surface area contributed by atoms with Crippen molar-refractivity contribution in [3.8, 4) is 11.5 Å². The van der Waals surface area contributed by atoms with Crippen molar-refractivity contribution in [3.05, 3.63) is 53.6 Å². The van der Waals surface area contributed by atoms with E-state index in [-0.39, 0.29) is 11.5 Å². The van der Waals surface area contributed by atoms with Gasteiger partial charge in [-0.2, -0.15) is 0 Å². The summed E-state index contributed by atoms with van der Waals surface area (Å²) < 4.78 is 36.8. The maximum Gasteiger partial charge on any atom is 0.262 e. The van der Waals surface area contributed by atoms with Gasteiger partial charge in [0.1, 0.15) is 0 Å². The van der Waals surface area contributed by atoms with Crippen molar-refractivity contribution in [2.75, 3.05) is 33.1 Å². The number of anilines is 1. The fourth-order valence-corrected chi connectivity index (χ4v) is 3.74. The number of aryl methyl sites for hydroxylation is 1. The highest BCUT2D eigenvalue weighted by Gasteiger charge is 2.20. The third-order valence-corrected chi connectivity index (χ3v) is 6.09. The maximum atomic E-state index is 12.4. The summed E-state index contributed by atoms with van der Waals surface area (Å²) in [6.07, 6.45) is 3.84. The van der Waals surface area contributed by atoms with Crippen LogP contribution in [0.1, 0.15) is 18.1 Å². The highest BCUT2D eigenvalue weighted by atomic mass is 32.2. The first-order valence-corrected chi connectivity index (χ1v) is 10.4. The van der Waals surface area contributed by atoms with Gasteiger partial charge in [0.15, 0.2) is 18.1 Å². The van der Waals surface area contributed by atoms with Crippen LogP contribution in [0.3, 0.4) is 0 Å². The van der Waals surface area contributed by atoms with Crippen LogP contribution in [0.2, 0.25) is 0 Å². The van der Waals surface area contributed by atoms with Crippen molar-refractivity contribution in [2.45, 2.75) is 18.7 Å². The Bertz CT molecular complexity index is 1010. The first-order chi connectivity index (χ1) is 13.7. The number of nitrogens with zero attached hydrogens (tertiary/aromatic N) is 1. The zero-order chi connectivity index (χ0) is 21.6. The van der Waals surface area contributed by atoms with E-state index in [1.165, 1.54) is 27.3 Å². The van der Waals surface area contributed by atoms with Crippen LogP contribution in [0.4, 0.5) is 5.69 Å². The summed E-state index contributed by atoms with van der Waals surface area (Å²) in [4.78, 5) is 12.4. The largest absolute Gasteiger partial charge is 0.493 e. The van der Waals surface area contributed by atoms with Crippen molar-refractivity contribution in [1.29, 1.82) is 0 Å². The topological polar surface area (TPSA) is 84.9 Å². The lowest BCUT2D eigenvalue weighted by Gasteiger charge is -2.15. The third kappa shape index (κ3) is 5.58. The number of methoxy groups -OCH3 is 1. The lowest BCUT2D eigenvalue weighted by Crippen LogP contribution is -2.24. The van der Waals surface area contributed by atoms with Crippen LogP contribution in [-0.4, -0.2) is 46.4 Å². The number of carbonyl (C=O) groups is 1. The molecule has 0 fully saturated rings. The Morgan fingerprint density at radius 1 is 1.14 bits per heavy atom. The second-order valence-electron chi connectivity index (χ2n) is 6.51. The normalized spacial score (nSPS) is 11.7. The van der Waals surface area contributed by atoms with E-state index >= 15 is 0 Å². The van der Waals surface area contributed by atoms with Gasteiger partial charge in [0, 0.05) is 19.8 Å². The minimum absolute atomic E-state index is 0.141. The molecule has 0 heterocycles. The van der Waals surface area contributed by atoms with Crippen LogP contribution in [0, 0.1) is 6.92 Å². The van der Waals surface area contributed by atoms with Crippen LogP contribution in [-0.2, 0) is 14.8 Å². The van der Waals surface area contributed by atoms with E-state index in [2.05, 4.69) is 5.32 Å². The van der Waals surface area contributed by atoms with Crippen molar-refractivity contribution in [3.63, 3.8) is 0 Å². The summed E-state index contributed by atoms with van der Waals surface area (Å²) in [5.41, 5.74) is 1.93. The highest BCUT2D eigenvalue weighted by molar-refractivity contribution is 7.89. The van der Waals surface area contributed by atoms with Gasteiger partial charge in [-0.3, -0.25) is 4.79 Å². The number of carbonyl (C=O) groups excluding carboxylic acids is 1. The fraction of sp³-hybridized carbons (Fsp3) is 0.286. The summed E-state index contributed by atoms with van der Waals surface area (Å²) in [6.45, 7) is 3.37. The van der Waals surface area contributed by atoms with Crippen molar-refractivity contribution in [2.24, 2.45) is 0 Å². The molecule has 0 saturated carbocycles. The lowest BCUT2D eigenvalue weighted by molar-refractivity contribution is -0.118. The Hall–Kier alpha value is -2.84. The molecule has 0 aliphatic carbocycles. The van der Waals surface area contributed by atoms with Gasteiger partial charge in [-0.15, -0.1) is 0 Å². The zero-order valence-electron chi connectivity index (χ0n) is 17.2. The molecule has 2 aromatic rings. The number of ether oxygens (including phenoxy) is 2. The highest BCUT2D eigenvalue weighted by Crippen LogP contribution is 2.28. The molecule has 1 amide bonds. The summed E-state index contributed by atoms with van der Waals surface area (Å²) in [5.74, 6) is 0.542. The Balaban J connectivity index is 2.11. The zero-order valence-corrected chi connectivity index (χ0v) is 18.0. The minimum Gasteiger partial charge on any atom is -0.493 e. The van der Waals surface area contributed by atoms with Gasteiger partial charge in [-0.25, -0.2) is 12.7 Å². The first-order valence-electron chi connectivity index (χ1n) is 8.95. The van der Waals surface area contributed by atoms with Crippen molar-refractivity contribution >= 4 is 27.7 Å². The predicted molar refractivity (Wildman–Crippen MR) is 114 cm³/mol. The van der Waals surface area contributed by atoms with E-state index in [0.717, 1.165) is 9.87 Å². The Kier molecular flexibility index (Phi) is 7.41. The number of benzene rings is 2. The average molecular weight is 419 g/mol. The molecule has 0 bridgehead atoms. The van der Waals surface area contributed by atoms with E-state index in [0.29, 0.717) is 22.7 Å². The second kappa shape index (κ2) is 9.58. The Morgan fingerprint density at radius 2 is 1.86 bits per heavy atom. The van der Waals surface area contributed by atoms with Gasteiger partial charge in [-0.05, 0) is 49.2 Å². The monoisotopic (exact) mass is 418 g/mol. The molecular formula is C21H26N2O5S. The number of rotatable bonds is 8. The molecule has 0 aromatic heterocycles. The van der Waals surface area contributed by atoms with Gasteiger partial charge in [0.2, 0.25) is 10.0 Å². The van der Waals surface area contributed by atoms with Crippen LogP contribution in [0.15, 0.2) is 47.4 Å². The molecule has 1 N–H and O–H groups in total. The molecule has 0 aliphatic rings. The molecular weight excluding hydrogens is 392 g/mol. The number of nitrogens with one attached hydrogen (secondary N) is 1. The smallest absolute Gasteiger partial charge is 0.262 e. The second-order valence-corrected chi connectivity index (χ2v) is 8.64. The number of allylic oxidation sites excluding steroid dienone is 1. The summed E-state index contributed by atoms with van der Waals surface area (Å²) >= 11 is 0. The molecule has 0 unspecified atom stereocenters. The molecule has 0 spiro atoms. The van der Waals surface area contributed by atoms with E-state index in [1.807, 2.05) is 31.2 Å². The predicted octanol–water partition coefficient (Wildman–Crippen LogP) is 3.30. The van der Waals surface area contributed by atoms with Gasteiger partial charge in [-0.1, -0.05) is 24.3 Å². The summed E-state index contributed by atoms with van der Waals surface area (Å²) in [5, 5.41) is 2.66. The van der Waals surface area contributed by atoms with Gasteiger partial charge in [0.05, 0.1) is 12.0 Å². The Morgan fingerprint density at radius 3 is 2.48 bits per heavy atom. The third-order valence-electron chi connectivity index (χ3n) is 4.14. The van der Waals surface area contributed by atoms with Crippen molar-refractivity contribution < 1.29 is 22.7 Å². The van der Waals surface area contributed by atoms with E-state index in [4.69, 9.17) is 9.47 Å². The van der Waals surface area contributed by atoms with Crippen LogP contribution < -0.4 is 14.8 Å². The van der Waals surface area contributed by atoms with Crippen molar-refractivity contribution in [1.82, 2.24) is 4.31 Å². The lowest BCUT2D eigenvalue weighted by atomic mass is 10.2. The van der Waals surface area contributed by atoms with Crippen LogP contribution in [0.5, 0.6) is 11.5 Å².